The number of fused-ring (bicyclic) bond motifs is 3. The highest BCUT2D eigenvalue weighted by atomic mass is 16.3. The molecule has 0 atom stereocenters. The second-order valence-electron chi connectivity index (χ2n) is 6.30. The van der Waals surface area contributed by atoms with Gasteiger partial charge in [0, 0.05) is 22.5 Å². The minimum atomic E-state index is -0.962. The number of benzene rings is 2. The van der Waals surface area contributed by atoms with Crippen molar-refractivity contribution in [2.75, 3.05) is 0 Å². The lowest BCUT2D eigenvalue weighted by molar-refractivity contribution is 0.0782. The van der Waals surface area contributed by atoms with E-state index in [0.717, 1.165) is 22.4 Å². The molecule has 0 aliphatic carbocycles. The maximum absolute atomic E-state index is 10.6. The lowest BCUT2D eigenvalue weighted by atomic mass is 9.99. The van der Waals surface area contributed by atoms with Crippen molar-refractivity contribution in [2.24, 2.45) is 0 Å². The van der Waals surface area contributed by atoms with Crippen LogP contribution in [-0.2, 0) is 5.60 Å². The van der Waals surface area contributed by atoms with Gasteiger partial charge in [0.05, 0.1) is 16.6 Å². The van der Waals surface area contributed by atoms with Crippen molar-refractivity contribution in [3.63, 3.8) is 0 Å². The molecule has 4 aromatic rings. The summed E-state index contributed by atoms with van der Waals surface area (Å²) < 4.78 is 2.14. The molecular formula is C20H18N2O. The number of para-hydroxylation sites is 2. The van der Waals surface area contributed by atoms with Crippen molar-refractivity contribution >= 4 is 21.8 Å². The van der Waals surface area contributed by atoms with Crippen molar-refractivity contribution in [1.29, 1.82) is 0 Å². The molecule has 2 aromatic heterocycles. The fourth-order valence-electron chi connectivity index (χ4n) is 3.20. The largest absolute Gasteiger partial charge is 0.386 e. The molecule has 0 saturated carbocycles. The van der Waals surface area contributed by atoms with Crippen LogP contribution in [0.1, 0.15) is 19.4 Å². The number of aromatic nitrogens is 2. The first kappa shape index (κ1) is 14.0. The Morgan fingerprint density at radius 3 is 1.96 bits per heavy atom. The van der Waals surface area contributed by atoms with Crippen LogP contribution in [-0.4, -0.2) is 14.7 Å². The summed E-state index contributed by atoms with van der Waals surface area (Å²) in [5.74, 6) is 0.775. The molecule has 0 fully saturated rings. The van der Waals surface area contributed by atoms with Crippen LogP contribution in [0.25, 0.3) is 27.6 Å². The smallest absolute Gasteiger partial charge is 0.143 e. The van der Waals surface area contributed by atoms with Gasteiger partial charge in [0.15, 0.2) is 0 Å². The Hall–Kier alpha value is -2.65. The van der Waals surface area contributed by atoms with Crippen LogP contribution in [0.15, 0.2) is 66.9 Å². The standard InChI is InChI=1S/C20H18N2O/c1-20(2,23)16-10-7-13-21-19(16)22-17-11-5-3-8-14(17)15-9-4-6-12-18(15)22/h3-13,23H,1-2H3. The molecule has 2 aromatic carbocycles. The molecule has 0 unspecified atom stereocenters. The summed E-state index contributed by atoms with van der Waals surface area (Å²) in [4.78, 5) is 4.59. The van der Waals surface area contributed by atoms with E-state index < -0.39 is 5.60 Å². The van der Waals surface area contributed by atoms with Gasteiger partial charge in [0.1, 0.15) is 5.82 Å². The first-order chi connectivity index (χ1) is 11.1. The molecule has 1 N–H and O–H groups in total. The third-order valence-corrected chi connectivity index (χ3v) is 4.24. The van der Waals surface area contributed by atoms with Crippen LogP contribution < -0.4 is 0 Å². The Bertz CT molecular complexity index is 956. The van der Waals surface area contributed by atoms with Crippen molar-refractivity contribution in [2.45, 2.75) is 19.4 Å². The third kappa shape index (κ3) is 2.13. The summed E-state index contributed by atoms with van der Waals surface area (Å²) in [5, 5.41) is 12.9. The Kier molecular flexibility index (Phi) is 3.00. The van der Waals surface area contributed by atoms with E-state index in [1.54, 1.807) is 20.0 Å². The summed E-state index contributed by atoms with van der Waals surface area (Å²) in [7, 11) is 0. The predicted molar refractivity (Wildman–Crippen MR) is 93.8 cm³/mol. The molecule has 0 spiro atoms. The molecule has 0 bridgehead atoms. The minimum absolute atomic E-state index is 0.775. The molecule has 2 heterocycles. The molecule has 0 amide bonds. The summed E-state index contributed by atoms with van der Waals surface area (Å²) in [6.07, 6.45) is 1.77. The maximum atomic E-state index is 10.6. The van der Waals surface area contributed by atoms with Gasteiger partial charge in [-0.05, 0) is 32.0 Å². The van der Waals surface area contributed by atoms with Crippen LogP contribution in [0.5, 0.6) is 0 Å². The monoisotopic (exact) mass is 302 g/mol. The molecule has 23 heavy (non-hydrogen) atoms. The fraction of sp³-hybridized carbons (Fsp3) is 0.150. The highest BCUT2D eigenvalue weighted by Gasteiger charge is 2.23. The minimum Gasteiger partial charge on any atom is -0.386 e. The topological polar surface area (TPSA) is 38.1 Å². The van der Waals surface area contributed by atoms with E-state index >= 15 is 0 Å². The molecule has 3 heteroatoms. The van der Waals surface area contributed by atoms with Crippen molar-refractivity contribution in [3.8, 4) is 5.82 Å². The number of hydrogen-bond acceptors (Lipinski definition) is 2. The van der Waals surface area contributed by atoms with Crippen molar-refractivity contribution in [3.05, 3.63) is 72.4 Å². The van der Waals surface area contributed by atoms with Gasteiger partial charge >= 0.3 is 0 Å². The summed E-state index contributed by atoms with van der Waals surface area (Å²) in [6.45, 7) is 3.59. The van der Waals surface area contributed by atoms with Crippen LogP contribution >= 0.6 is 0 Å². The van der Waals surface area contributed by atoms with E-state index in [1.807, 2.05) is 24.3 Å². The van der Waals surface area contributed by atoms with E-state index in [9.17, 15) is 5.11 Å². The molecule has 0 radical (unpaired) electrons. The van der Waals surface area contributed by atoms with Gasteiger partial charge in [-0.1, -0.05) is 42.5 Å². The normalized spacial score (nSPS) is 12.1. The average molecular weight is 302 g/mol. The lowest BCUT2D eigenvalue weighted by Gasteiger charge is -2.21. The number of nitrogens with zero attached hydrogens (tertiary/aromatic N) is 2. The Morgan fingerprint density at radius 1 is 0.826 bits per heavy atom. The lowest BCUT2D eigenvalue weighted by Crippen LogP contribution is -2.19. The van der Waals surface area contributed by atoms with Crippen LogP contribution in [0.4, 0.5) is 0 Å². The molecule has 3 nitrogen and oxygen atoms in total. The summed E-state index contributed by atoms with van der Waals surface area (Å²) in [6, 6.07) is 20.4. The van der Waals surface area contributed by atoms with E-state index in [0.29, 0.717) is 0 Å². The van der Waals surface area contributed by atoms with Gasteiger partial charge in [-0.25, -0.2) is 4.98 Å². The molecule has 114 valence electrons. The molecular weight excluding hydrogens is 284 g/mol. The highest BCUT2D eigenvalue weighted by Crippen LogP contribution is 2.34. The molecule has 4 rings (SSSR count). The van der Waals surface area contributed by atoms with Crippen LogP contribution in [0.3, 0.4) is 0 Å². The summed E-state index contributed by atoms with van der Waals surface area (Å²) in [5.41, 5.74) is 2.04. The van der Waals surface area contributed by atoms with Crippen LogP contribution in [0, 0.1) is 0 Å². The fourth-order valence-corrected chi connectivity index (χ4v) is 3.20. The zero-order chi connectivity index (χ0) is 16.0. The maximum Gasteiger partial charge on any atom is 0.143 e. The summed E-state index contributed by atoms with van der Waals surface area (Å²) >= 11 is 0. The van der Waals surface area contributed by atoms with Gasteiger partial charge in [0.25, 0.3) is 0 Å². The predicted octanol–water partition coefficient (Wildman–Crippen LogP) is 4.41. The molecule has 0 aliphatic rings. The number of aliphatic hydroxyl groups is 1. The first-order valence-corrected chi connectivity index (χ1v) is 7.74. The van der Waals surface area contributed by atoms with Gasteiger partial charge in [-0.2, -0.15) is 0 Å². The Morgan fingerprint density at radius 2 is 1.39 bits per heavy atom. The molecule has 0 aliphatic heterocycles. The van der Waals surface area contributed by atoms with Crippen molar-refractivity contribution in [1.82, 2.24) is 9.55 Å². The SMILES string of the molecule is CC(C)(O)c1cccnc1-n1c2ccccc2c2ccccc21. The third-order valence-electron chi connectivity index (χ3n) is 4.24. The number of hydrogen-bond donors (Lipinski definition) is 1. The second-order valence-corrected chi connectivity index (χ2v) is 6.30. The average Bonchev–Trinajstić information content (AvgIpc) is 2.88. The van der Waals surface area contributed by atoms with Gasteiger partial charge in [0.2, 0.25) is 0 Å². The molecule has 0 saturated heterocycles. The van der Waals surface area contributed by atoms with Gasteiger partial charge in [-0.3, -0.25) is 4.57 Å². The van der Waals surface area contributed by atoms with E-state index in [-0.39, 0.29) is 0 Å². The Labute approximate surface area is 134 Å². The number of rotatable bonds is 2. The van der Waals surface area contributed by atoms with E-state index in [2.05, 4.69) is 45.9 Å². The van der Waals surface area contributed by atoms with E-state index in [4.69, 9.17) is 0 Å². The van der Waals surface area contributed by atoms with Crippen LogP contribution in [0.2, 0.25) is 0 Å². The highest BCUT2D eigenvalue weighted by molar-refractivity contribution is 6.09. The van der Waals surface area contributed by atoms with Gasteiger partial charge < -0.3 is 5.11 Å². The zero-order valence-electron chi connectivity index (χ0n) is 13.2. The van der Waals surface area contributed by atoms with Gasteiger partial charge in [-0.15, -0.1) is 0 Å². The Balaban J connectivity index is 2.18. The number of pyridine rings is 1. The van der Waals surface area contributed by atoms with Crippen molar-refractivity contribution < 1.29 is 5.11 Å². The second kappa shape index (κ2) is 4.93. The zero-order valence-corrected chi connectivity index (χ0v) is 13.2. The van der Waals surface area contributed by atoms with E-state index in [1.165, 1.54) is 10.8 Å². The quantitative estimate of drug-likeness (QED) is 0.596. The first-order valence-electron chi connectivity index (χ1n) is 7.74.